The summed E-state index contributed by atoms with van der Waals surface area (Å²) in [5, 5.41) is 0.240. The van der Waals surface area contributed by atoms with Crippen LogP contribution in [-0.4, -0.2) is 9.97 Å². The van der Waals surface area contributed by atoms with Crippen molar-refractivity contribution in [1.29, 1.82) is 0 Å². The molecule has 0 saturated carbocycles. The average Bonchev–Trinajstić information content (AvgIpc) is 2.32. The van der Waals surface area contributed by atoms with Crippen LogP contribution in [0, 0.1) is 0 Å². The van der Waals surface area contributed by atoms with Crippen LogP contribution in [0.25, 0.3) is 10.2 Å². The smallest absolute Gasteiger partial charge is 0.150 e. The lowest BCUT2D eigenvalue weighted by Crippen LogP contribution is -1.76. The summed E-state index contributed by atoms with van der Waals surface area (Å²) >= 11 is 6.77. The second kappa shape index (κ2) is 2.18. The van der Waals surface area contributed by atoms with Gasteiger partial charge in [0.1, 0.15) is 12.8 Å². The van der Waals surface area contributed by atoms with Crippen molar-refractivity contribution in [2.75, 3.05) is 0 Å². The molecule has 0 aliphatic rings. The maximum Gasteiger partial charge on any atom is 0.150 e. The van der Waals surface area contributed by atoms with Crippen molar-refractivity contribution in [3.8, 4) is 0 Å². The van der Waals surface area contributed by atoms with Crippen molar-refractivity contribution in [2.45, 2.75) is 0 Å². The zero-order valence-electron chi connectivity index (χ0n) is 7.68. The Balaban J connectivity index is 2.94. The standard InChI is InChI=1S/C6H3ClN2S/c7-6-5-4(1-2-10-5)8-3-9-6/h1-3H/i1D,2D,3D. The Morgan fingerprint density at radius 1 is 1.60 bits per heavy atom. The van der Waals surface area contributed by atoms with Gasteiger partial charge in [0.25, 0.3) is 0 Å². The van der Waals surface area contributed by atoms with E-state index in [1.165, 1.54) is 0 Å². The highest BCUT2D eigenvalue weighted by Gasteiger charge is 1.99. The van der Waals surface area contributed by atoms with Crippen LogP contribution < -0.4 is 0 Å². The molecule has 2 aromatic rings. The van der Waals surface area contributed by atoms with E-state index in [1.54, 1.807) is 0 Å². The lowest BCUT2D eigenvalue weighted by molar-refractivity contribution is 1.23. The van der Waals surface area contributed by atoms with E-state index in [-0.39, 0.29) is 22.9 Å². The van der Waals surface area contributed by atoms with Gasteiger partial charge in [-0.3, -0.25) is 0 Å². The van der Waals surface area contributed by atoms with E-state index in [1.807, 2.05) is 0 Å². The zero-order chi connectivity index (χ0) is 9.59. The minimum absolute atomic E-state index is 0.0119. The Morgan fingerprint density at radius 3 is 3.40 bits per heavy atom. The summed E-state index contributed by atoms with van der Waals surface area (Å²) in [5.74, 6) is 0. The molecule has 0 atom stereocenters. The van der Waals surface area contributed by atoms with Crippen molar-refractivity contribution >= 4 is 33.2 Å². The van der Waals surface area contributed by atoms with E-state index in [0.29, 0.717) is 10.2 Å². The van der Waals surface area contributed by atoms with Crippen molar-refractivity contribution in [3.63, 3.8) is 0 Å². The molecule has 2 heterocycles. The Hall–Kier alpha value is -0.670. The fourth-order valence-electron chi connectivity index (χ4n) is 0.618. The first-order valence-electron chi connectivity index (χ1n) is 3.99. The quantitative estimate of drug-likeness (QED) is 0.572. The van der Waals surface area contributed by atoms with Crippen molar-refractivity contribution in [2.24, 2.45) is 0 Å². The molecule has 0 aliphatic carbocycles. The second-order valence-corrected chi connectivity index (χ2v) is 2.80. The van der Waals surface area contributed by atoms with Gasteiger partial charge in [0.05, 0.1) is 13.0 Å². The third-order valence-corrected chi connectivity index (χ3v) is 2.22. The van der Waals surface area contributed by atoms with Gasteiger partial charge in [-0.25, -0.2) is 9.97 Å². The first-order chi connectivity index (χ1) is 6.09. The minimum atomic E-state index is -0.219. The number of halogens is 1. The molecule has 10 heavy (non-hydrogen) atoms. The minimum Gasteiger partial charge on any atom is -0.235 e. The Labute approximate surface area is 70.7 Å². The number of hydrogen-bond donors (Lipinski definition) is 0. The van der Waals surface area contributed by atoms with Crippen molar-refractivity contribution in [1.82, 2.24) is 9.97 Å². The molecule has 0 unspecified atom stereocenters. The SMILES string of the molecule is [2H]c1nc(Cl)c2sc([2H])c([2H])c2n1. The van der Waals surface area contributed by atoms with Crippen LogP contribution in [0.3, 0.4) is 0 Å². The molecule has 0 saturated heterocycles. The Bertz CT molecular complexity index is 484. The summed E-state index contributed by atoms with van der Waals surface area (Å²) in [6.07, 6.45) is -0.219. The fraction of sp³-hybridized carbons (Fsp3) is 0. The van der Waals surface area contributed by atoms with Gasteiger partial charge in [0.2, 0.25) is 0 Å². The highest BCUT2D eigenvalue weighted by atomic mass is 35.5. The topological polar surface area (TPSA) is 25.8 Å². The first kappa shape index (κ1) is 3.64. The van der Waals surface area contributed by atoms with Crippen LogP contribution in [-0.2, 0) is 0 Å². The molecule has 0 aromatic carbocycles. The van der Waals surface area contributed by atoms with Gasteiger partial charge in [-0.2, -0.15) is 0 Å². The highest BCUT2D eigenvalue weighted by molar-refractivity contribution is 7.17. The van der Waals surface area contributed by atoms with Gasteiger partial charge < -0.3 is 0 Å². The number of aromatic nitrogens is 2. The Morgan fingerprint density at radius 2 is 2.50 bits per heavy atom. The maximum absolute atomic E-state index is 7.45. The summed E-state index contributed by atoms with van der Waals surface area (Å²) in [4.78, 5) is 7.35. The van der Waals surface area contributed by atoms with E-state index in [0.717, 1.165) is 11.3 Å². The predicted octanol–water partition coefficient (Wildman–Crippen LogP) is 2.34. The molecule has 50 valence electrons. The lowest BCUT2D eigenvalue weighted by Gasteiger charge is -1.87. The van der Waals surface area contributed by atoms with Crippen molar-refractivity contribution < 1.29 is 4.11 Å². The molecule has 0 N–H and O–H groups in total. The molecule has 4 heteroatoms. The zero-order valence-corrected chi connectivity index (χ0v) is 6.25. The van der Waals surface area contributed by atoms with E-state index in [4.69, 9.17) is 15.7 Å². The van der Waals surface area contributed by atoms with Gasteiger partial charge in [0.15, 0.2) is 0 Å². The third kappa shape index (κ3) is 0.786. The molecule has 0 spiro atoms. The summed E-state index contributed by atoms with van der Waals surface area (Å²) in [7, 11) is 0. The third-order valence-electron chi connectivity index (χ3n) is 1.03. The number of nitrogens with zero attached hydrogens (tertiary/aromatic N) is 2. The van der Waals surface area contributed by atoms with Crippen LogP contribution in [0.2, 0.25) is 5.15 Å². The summed E-state index contributed by atoms with van der Waals surface area (Å²) < 4.78 is 22.5. The highest BCUT2D eigenvalue weighted by Crippen LogP contribution is 2.23. The van der Waals surface area contributed by atoms with Gasteiger partial charge in [-0.05, 0) is 11.4 Å². The molecule has 0 bridgehead atoms. The van der Waals surface area contributed by atoms with Crippen LogP contribution in [0.1, 0.15) is 4.11 Å². The van der Waals surface area contributed by atoms with Gasteiger partial charge in [0, 0.05) is 0 Å². The van der Waals surface area contributed by atoms with Crippen LogP contribution in [0.15, 0.2) is 17.7 Å². The van der Waals surface area contributed by atoms with Crippen LogP contribution in [0.4, 0.5) is 0 Å². The molecule has 2 aromatic heterocycles. The second-order valence-electron chi connectivity index (χ2n) is 1.62. The molecule has 0 fully saturated rings. The average molecular weight is 174 g/mol. The Kier molecular flexibility index (Phi) is 0.794. The lowest BCUT2D eigenvalue weighted by atomic mass is 10.5. The van der Waals surface area contributed by atoms with E-state index in [9.17, 15) is 0 Å². The predicted molar refractivity (Wildman–Crippen MR) is 42.4 cm³/mol. The fourth-order valence-corrected chi connectivity index (χ4v) is 1.43. The van der Waals surface area contributed by atoms with E-state index >= 15 is 0 Å². The van der Waals surface area contributed by atoms with Crippen molar-refractivity contribution in [3.05, 3.63) is 22.9 Å². The molecule has 0 radical (unpaired) electrons. The largest absolute Gasteiger partial charge is 0.235 e. The summed E-state index contributed by atoms with van der Waals surface area (Å²) in [5.41, 5.74) is 0.292. The van der Waals surface area contributed by atoms with E-state index < -0.39 is 0 Å². The normalized spacial score (nSPS) is 14.7. The number of hydrogen-bond acceptors (Lipinski definition) is 3. The first-order valence-corrected chi connectivity index (χ1v) is 3.69. The molecule has 0 amide bonds. The summed E-state index contributed by atoms with van der Waals surface area (Å²) in [6.45, 7) is 0. The molecule has 2 nitrogen and oxygen atoms in total. The molecular formula is C6H3ClN2S. The van der Waals surface area contributed by atoms with Gasteiger partial charge >= 0.3 is 0 Å². The van der Waals surface area contributed by atoms with Gasteiger partial charge in [-0.1, -0.05) is 11.6 Å². The molecule has 2 rings (SSSR count). The molecule has 0 aliphatic heterocycles. The van der Waals surface area contributed by atoms with E-state index in [2.05, 4.69) is 9.97 Å². The van der Waals surface area contributed by atoms with Crippen LogP contribution in [0.5, 0.6) is 0 Å². The number of thiophene rings is 1. The van der Waals surface area contributed by atoms with Gasteiger partial charge in [-0.15, -0.1) is 11.3 Å². The number of fused-ring (bicyclic) bond motifs is 1. The molecular weight excluding hydrogens is 168 g/mol. The maximum atomic E-state index is 7.45. The van der Waals surface area contributed by atoms with Crippen LogP contribution >= 0.6 is 22.9 Å². The monoisotopic (exact) mass is 173 g/mol. The number of rotatable bonds is 0. The summed E-state index contributed by atoms with van der Waals surface area (Å²) in [6, 6.07) is 0.0119.